The molecule has 0 aliphatic carbocycles. The second kappa shape index (κ2) is 5.50. The van der Waals surface area contributed by atoms with Gasteiger partial charge in [0.15, 0.2) is 0 Å². The fraction of sp³-hybridized carbons (Fsp3) is 1.00. The second-order valence-electron chi connectivity index (χ2n) is 6.54. The molecule has 0 spiro atoms. The summed E-state index contributed by atoms with van der Waals surface area (Å²) in [4.78, 5) is 2.66. The number of nitrogens with one attached hydrogen (secondary N) is 1. The topological polar surface area (TPSA) is 15.3 Å². The van der Waals surface area contributed by atoms with Crippen molar-refractivity contribution in [3.63, 3.8) is 0 Å². The quantitative estimate of drug-likeness (QED) is 0.796. The highest BCUT2D eigenvalue weighted by atomic mass is 15.2. The summed E-state index contributed by atoms with van der Waals surface area (Å²) < 4.78 is 0. The molecule has 1 aliphatic rings. The van der Waals surface area contributed by atoms with Crippen LogP contribution in [0, 0.1) is 5.41 Å². The molecule has 1 saturated heterocycles. The average Bonchev–Trinajstić information content (AvgIpc) is 2.38. The van der Waals surface area contributed by atoms with Crippen LogP contribution in [0.5, 0.6) is 0 Å². The zero-order chi connectivity index (χ0) is 12.2. The van der Waals surface area contributed by atoms with Crippen LogP contribution >= 0.6 is 0 Å². The number of hydrogen-bond donors (Lipinski definition) is 1. The zero-order valence-electron chi connectivity index (χ0n) is 11.9. The van der Waals surface area contributed by atoms with Gasteiger partial charge in [-0.3, -0.25) is 0 Å². The molecule has 0 radical (unpaired) electrons. The van der Waals surface area contributed by atoms with Gasteiger partial charge in [-0.2, -0.15) is 0 Å². The Hall–Kier alpha value is -0.0800. The Kier molecular flexibility index (Phi) is 4.81. The molecule has 0 saturated carbocycles. The van der Waals surface area contributed by atoms with Gasteiger partial charge in [-0.15, -0.1) is 0 Å². The zero-order valence-corrected chi connectivity index (χ0v) is 11.9. The largest absolute Gasteiger partial charge is 0.310 e. The van der Waals surface area contributed by atoms with Crippen LogP contribution in [0.2, 0.25) is 0 Å². The molecule has 0 bridgehead atoms. The minimum absolute atomic E-state index is 0.363. The van der Waals surface area contributed by atoms with E-state index in [4.69, 9.17) is 0 Å². The number of hydrogen-bond acceptors (Lipinski definition) is 2. The third-order valence-corrected chi connectivity index (χ3v) is 3.73. The Balaban J connectivity index is 2.65. The van der Waals surface area contributed by atoms with Gasteiger partial charge < -0.3 is 10.2 Å². The maximum Gasteiger partial charge on any atom is 0.0303 e. The lowest BCUT2D eigenvalue weighted by molar-refractivity contribution is 0.150. The fourth-order valence-corrected chi connectivity index (χ4v) is 2.75. The van der Waals surface area contributed by atoms with E-state index in [1.807, 2.05) is 0 Å². The summed E-state index contributed by atoms with van der Waals surface area (Å²) in [5.41, 5.74) is 0.777. The number of rotatable bonds is 3. The van der Waals surface area contributed by atoms with Crippen LogP contribution in [0.3, 0.4) is 0 Å². The summed E-state index contributed by atoms with van der Waals surface area (Å²) >= 11 is 0. The Morgan fingerprint density at radius 2 is 1.81 bits per heavy atom. The molecule has 0 aromatic carbocycles. The smallest absolute Gasteiger partial charge is 0.0303 e. The van der Waals surface area contributed by atoms with Crippen molar-refractivity contribution in [2.45, 2.75) is 59.4 Å². The summed E-state index contributed by atoms with van der Waals surface area (Å²) in [6.45, 7) is 16.5. The summed E-state index contributed by atoms with van der Waals surface area (Å²) in [5, 5.41) is 3.77. The van der Waals surface area contributed by atoms with Crippen molar-refractivity contribution >= 4 is 0 Å². The summed E-state index contributed by atoms with van der Waals surface area (Å²) in [5.74, 6) is 0. The number of nitrogens with zero attached hydrogens (tertiary/aromatic N) is 1. The van der Waals surface area contributed by atoms with Gasteiger partial charge >= 0.3 is 0 Å². The normalized spacial score (nSPS) is 23.1. The Bertz CT molecular complexity index is 201. The van der Waals surface area contributed by atoms with Crippen LogP contribution < -0.4 is 5.32 Å². The van der Waals surface area contributed by atoms with Crippen molar-refractivity contribution in [2.75, 3.05) is 26.2 Å². The Morgan fingerprint density at radius 1 is 1.19 bits per heavy atom. The van der Waals surface area contributed by atoms with E-state index < -0.39 is 0 Å². The molecule has 1 rings (SSSR count). The van der Waals surface area contributed by atoms with Crippen molar-refractivity contribution < 1.29 is 0 Å². The molecule has 0 aromatic rings. The van der Waals surface area contributed by atoms with E-state index in [9.17, 15) is 0 Å². The van der Waals surface area contributed by atoms with E-state index in [0.29, 0.717) is 11.0 Å². The molecule has 96 valence electrons. The highest BCUT2D eigenvalue weighted by molar-refractivity contribution is 4.91. The van der Waals surface area contributed by atoms with Crippen LogP contribution in [0.15, 0.2) is 0 Å². The van der Waals surface area contributed by atoms with Crippen molar-refractivity contribution in [2.24, 2.45) is 5.41 Å². The lowest BCUT2D eigenvalue weighted by atomic mass is 9.90. The minimum Gasteiger partial charge on any atom is -0.310 e. The van der Waals surface area contributed by atoms with Gasteiger partial charge in [0.2, 0.25) is 0 Å². The molecule has 1 N–H and O–H groups in total. The minimum atomic E-state index is 0.363. The highest BCUT2D eigenvalue weighted by Crippen LogP contribution is 2.23. The highest BCUT2D eigenvalue weighted by Gasteiger charge is 2.31. The Morgan fingerprint density at radius 3 is 2.31 bits per heavy atom. The van der Waals surface area contributed by atoms with Gasteiger partial charge in [0.1, 0.15) is 0 Å². The predicted molar refractivity (Wildman–Crippen MR) is 71.8 cm³/mol. The molecule has 16 heavy (non-hydrogen) atoms. The van der Waals surface area contributed by atoms with Crippen molar-refractivity contribution in [3.8, 4) is 0 Å². The maximum absolute atomic E-state index is 3.77. The van der Waals surface area contributed by atoms with E-state index in [-0.39, 0.29) is 0 Å². The third-order valence-electron chi connectivity index (χ3n) is 3.73. The fourth-order valence-electron chi connectivity index (χ4n) is 2.75. The summed E-state index contributed by atoms with van der Waals surface area (Å²) in [6, 6.07) is 0. The molecule has 2 heteroatoms. The molecule has 1 aliphatic heterocycles. The van der Waals surface area contributed by atoms with Gasteiger partial charge in [-0.25, -0.2) is 0 Å². The molecular formula is C14H30N2. The second-order valence-corrected chi connectivity index (χ2v) is 6.54. The van der Waals surface area contributed by atoms with Crippen LogP contribution in [-0.4, -0.2) is 36.6 Å². The van der Waals surface area contributed by atoms with Gasteiger partial charge in [0.05, 0.1) is 0 Å². The Labute approximate surface area is 102 Å². The average molecular weight is 226 g/mol. The maximum atomic E-state index is 3.77. The van der Waals surface area contributed by atoms with E-state index in [2.05, 4.69) is 44.8 Å². The van der Waals surface area contributed by atoms with Gasteiger partial charge in [-0.05, 0) is 37.8 Å². The van der Waals surface area contributed by atoms with Crippen LogP contribution in [0.25, 0.3) is 0 Å². The van der Waals surface area contributed by atoms with Gasteiger partial charge in [0, 0.05) is 18.6 Å². The SMILES string of the molecule is CCC1(CC)CN(CC(C)(C)C)CCCN1. The van der Waals surface area contributed by atoms with Crippen molar-refractivity contribution in [1.29, 1.82) is 0 Å². The monoisotopic (exact) mass is 226 g/mol. The molecule has 1 fully saturated rings. The van der Waals surface area contributed by atoms with E-state index in [0.717, 1.165) is 0 Å². The van der Waals surface area contributed by atoms with Crippen molar-refractivity contribution in [1.82, 2.24) is 10.2 Å². The molecule has 2 nitrogen and oxygen atoms in total. The third kappa shape index (κ3) is 4.06. The molecule has 0 unspecified atom stereocenters. The van der Waals surface area contributed by atoms with E-state index >= 15 is 0 Å². The first-order chi connectivity index (χ1) is 7.41. The van der Waals surface area contributed by atoms with Gasteiger partial charge in [-0.1, -0.05) is 34.6 Å². The molecule has 0 amide bonds. The van der Waals surface area contributed by atoms with Crippen molar-refractivity contribution in [3.05, 3.63) is 0 Å². The lowest BCUT2D eigenvalue weighted by Crippen LogP contribution is -2.51. The molecule has 1 heterocycles. The first kappa shape index (κ1) is 14.0. The molecule has 0 atom stereocenters. The lowest BCUT2D eigenvalue weighted by Gasteiger charge is -2.37. The summed E-state index contributed by atoms with van der Waals surface area (Å²) in [7, 11) is 0. The van der Waals surface area contributed by atoms with E-state index in [1.54, 1.807) is 0 Å². The predicted octanol–water partition coefficient (Wildman–Crippen LogP) is 2.89. The van der Waals surface area contributed by atoms with Crippen LogP contribution in [0.1, 0.15) is 53.9 Å². The van der Waals surface area contributed by atoms with E-state index in [1.165, 1.54) is 45.4 Å². The molecule has 0 aromatic heterocycles. The first-order valence-electron chi connectivity index (χ1n) is 6.88. The summed E-state index contributed by atoms with van der Waals surface area (Å²) in [6.07, 6.45) is 3.77. The standard InChI is InChI=1S/C14H30N2/c1-6-14(7-2)12-16(10-8-9-15-14)11-13(3,4)5/h15H,6-12H2,1-5H3. The van der Waals surface area contributed by atoms with Crippen LogP contribution in [0.4, 0.5) is 0 Å². The van der Waals surface area contributed by atoms with Crippen LogP contribution in [-0.2, 0) is 0 Å². The first-order valence-corrected chi connectivity index (χ1v) is 6.88. The van der Waals surface area contributed by atoms with Gasteiger partial charge in [0.25, 0.3) is 0 Å². The molecular weight excluding hydrogens is 196 g/mol.